The highest BCUT2D eigenvalue weighted by atomic mass is 35.5. The zero-order chi connectivity index (χ0) is 21.4. The highest BCUT2D eigenvalue weighted by molar-refractivity contribution is 6.28. The van der Waals surface area contributed by atoms with Crippen LogP contribution < -0.4 is 5.32 Å². The molecule has 0 radical (unpaired) electrons. The maximum atomic E-state index is 12.6. The van der Waals surface area contributed by atoms with Crippen LogP contribution >= 0.6 is 11.6 Å². The van der Waals surface area contributed by atoms with Crippen molar-refractivity contribution in [2.24, 2.45) is 7.05 Å². The molecule has 1 amide bonds. The summed E-state index contributed by atoms with van der Waals surface area (Å²) in [6, 6.07) is 18.8. The van der Waals surface area contributed by atoms with Gasteiger partial charge in [0.25, 0.3) is 5.91 Å². The summed E-state index contributed by atoms with van der Waals surface area (Å²) in [7, 11) is 1.83. The summed E-state index contributed by atoms with van der Waals surface area (Å²) in [5.74, 6) is -0.178. The lowest BCUT2D eigenvalue weighted by atomic mass is 10.0. The third kappa shape index (κ3) is 3.55. The van der Waals surface area contributed by atoms with Crippen LogP contribution in [0.1, 0.15) is 10.5 Å². The number of anilines is 1. The van der Waals surface area contributed by atoms with Crippen molar-refractivity contribution >= 4 is 28.7 Å². The standard InChI is InChI=1S/C23H17ClN6O/c1-29-12-5-9-19(29)22(31)26-16-7-4-6-15(14-16)21-20(17-10-11-25-23(24)27-17)18-8-2-3-13-30(18)28-21/h2-14H,1H3,(H,26,31). The minimum Gasteiger partial charge on any atom is -0.347 e. The zero-order valence-corrected chi connectivity index (χ0v) is 17.3. The minimum absolute atomic E-state index is 0.169. The second kappa shape index (κ2) is 7.70. The third-order valence-electron chi connectivity index (χ3n) is 4.99. The van der Waals surface area contributed by atoms with Crippen molar-refractivity contribution < 1.29 is 4.79 Å². The van der Waals surface area contributed by atoms with E-state index >= 15 is 0 Å². The third-order valence-corrected chi connectivity index (χ3v) is 5.17. The lowest BCUT2D eigenvalue weighted by Gasteiger charge is -2.08. The Morgan fingerprint density at radius 2 is 1.94 bits per heavy atom. The van der Waals surface area contributed by atoms with Gasteiger partial charge in [-0.15, -0.1) is 0 Å². The van der Waals surface area contributed by atoms with Crippen LogP contribution in [0.3, 0.4) is 0 Å². The molecule has 0 aliphatic heterocycles. The molecule has 0 spiro atoms. The van der Waals surface area contributed by atoms with Crippen LogP contribution in [-0.2, 0) is 7.05 Å². The van der Waals surface area contributed by atoms with Crippen LogP contribution in [0.5, 0.6) is 0 Å². The molecule has 0 saturated carbocycles. The molecule has 152 valence electrons. The molecule has 5 rings (SSSR count). The summed E-state index contributed by atoms with van der Waals surface area (Å²) in [4.78, 5) is 21.0. The van der Waals surface area contributed by atoms with E-state index < -0.39 is 0 Å². The number of carbonyl (C=O) groups excluding carboxylic acids is 1. The van der Waals surface area contributed by atoms with Crippen LogP contribution in [-0.4, -0.2) is 30.1 Å². The first-order chi connectivity index (χ1) is 15.1. The maximum Gasteiger partial charge on any atom is 0.272 e. The Morgan fingerprint density at radius 1 is 1.03 bits per heavy atom. The number of nitrogens with one attached hydrogen (secondary N) is 1. The number of rotatable bonds is 4. The molecule has 1 aromatic carbocycles. The van der Waals surface area contributed by atoms with Gasteiger partial charge in [0.2, 0.25) is 5.28 Å². The Bertz CT molecular complexity index is 1420. The van der Waals surface area contributed by atoms with Crippen molar-refractivity contribution in [2.45, 2.75) is 0 Å². The average Bonchev–Trinajstić information content (AvgIpc) is 3.37. The topological polar surface area (TPSA) is 77.1 Å². The molecule has 4 aromatic heterocycles. The molecule has 31 heavy (non-hydrogen) atoms. The van der Waals surface area contributed by atoms with E-state index in [0.29, 0.717) is 17.1 Å². The Labute approximate surface area is 183 Å². The lowest BCUT2D eigenvalue weighted by molar-refractivity contribution is 0.101. The maximum absolute atomic E-state index is 12.6. The van der Waals surface area contributed by atoms with Gasteiger partial charge in [0, 0.05) is 36.9 Å². The van der Waals surface area contributed by atoms with Gasteiger partial charge < -0.3 is 9.88 Å². The fourth-order valence-electron chi connectivity index (χ4n) is 3.56. The Hall–Kier alpha value is -3.97. The second-order valence-corrected chi connectivity index (χ2v) is 7.34. The second-order valence-electron chi connectivity index (χ2n) is 7.00. The van der Waals surface area contributed by atoms with Gasteiger partial charge in [-0.05, 0) is 54.1 Å². The number of aromatic nitrogens is 5. The van der Waals surface area contributed by atoms with Crippen molar-refractivity contribution in [3.05, 3.63) is 90.2 Å². The van der Waals surface area contributed by atoms with E-state index in [-0.39, 0.29) is 11.2 Å². The molecule has 7 nitrogen and oxygen atoms in total. The number of benzene rings is 1. The quantitative estimate of drug-likeness (QED) is 0.421. The van der Waals surface area contributed by atoms with Crippen LogP contribution in [0.2, 0.25) is 5.28 Å². The van der Waals surface area contributed by atoms with Gasteiger partial charge in [-0.1, -0.05) is 18.2 Å². The molecular weight excluding hydrogens is 412 g/mol. The van der Waals surface area contributed by atoms with E-state index in [1.54, 1.807) is 27.4 Å². The van der Waals surface area contributed by atoms with Crippen molar-refractivity contribution in [3.63, 3.8) is 0 Å². The molecule has 1 N–H and O–H groups in total. The monoisotopic (exact) mass is 428 g/mol. The van der Waals surface area contributed by atoms with E-state index in [4.69, 9.17) is 16.7 Å². The summed E-state index contributed by atoms with van der Waals surface area (Å²) in [6.07, 6.45) is 5.34. The number of amides is 1. The highest BCUT2D eigenvalue weighted by Crippen LogP contribution is 2.35. The molecular formula is C23H17ClN6O. The van der Waals surface area contributed by atoms with Crippen LogP contribution in [0.15, 0.2) is 79.3 Å². The first-order valence-corrected chi connectivity index (χ1v) is 9.97. The molecule has 4 heterocycles. The summed E-state index contributed by atoms with van der Waals surface area (Å²) in [6.45, 7) is 0. The normalized spacial score (nSPS) is 11.0. The van der Waals surface area contributed by atoms with Crippen molar-refractivity contribution in [1.29, 1.82) is 0 Å². The predicted molar refractivity (Wildman–Crippen MR) is 120 cm³/mol. The van der Waals surface area contributed by atoms with Gasteiger partial charge in [0.15, 0.2) is 0 Å². The average molecular weight is 429 g/mol. The fraction of sp³-hybridized carbons (Fsp3) is 0.0435. The summed E-state index contributed by atoms with van der Waals surface area (Å²) >= 11 is 6.06. The number of nitrogens with zero attached hydrogens (tertiary/aromatic N) is 5. The van der Waals surface area contributed by atoms with Crippen molar-refractivity contribution in [3.8, 4) is 22.5 Å². The number of hydrogen-bond donors (Lipinski definition) is 1. The van der Waals surface area contributed by atoms with Crippen LogP contribution in [0, 0.1) is 0 Å². The van der Waals surface area contributed by atoms with Gasteiger partial charge >= 0.3 is 0 Å². The van der Waals surface area contributed by atoms with Gasteiger partial charge in [-0.3, -0.25) is 4.79 Å². The van der Waals surface area contributed by atoms with E-state index in [0.717, 1.165) is 22.3 Å². The molecule has 5 aromatic rings. The van der Waals surface area contributed by atoms with Crippen molar-refractivity contribution in [2.75, 3.05) is 5.32 Å². The number of carbonyl (C=O) groups is 1. The minimum atomic E-state index is -0.178. The van der Waals surface area contributed by atoms with Gasteiger partial charge in [-0.2, -0.15) is 5.10 Å². The van der Waals surface area contributed by atoms with E-state index in [1.165, 1.54) is 0 Å². The number of hydrogen-bond acceptors (Lipinski definition) is 4. The highest BCUT2D eigenvalue weighted by Gasteiger charge is 2.18. The number of aryl methyl sites for hydroxylation is 1. The summed E-state index contributed by atoms with van der Waals surface area (Å²) in [5.41, 5.74) is 5.24. The number of fused-ring (bicyclic) bond motifs is 1. The molecule has 0 bridgehead atoms. The molecule has 0 aliphatic rings. The van der Waals surface area contributed by atoms with Crippen LogP contribution in [0.4, 0.5) is 5.69 Å². The zero-order valence-electron chi connectivity index (χ0n) is 16.5. The molecule has 0 saturated heterocycles. The van der Waals surface area contributed by atoms with Crippen LogP contribution in [0.25, 0.3) is 28.0 Å². The van der Waals surface area contributed by atoms with Crippen molar-refractivity contribution in [1.82, 2.24) is 24.1 Å². The molecule has 0 unspecified atom stereocenters. The molecule has 8 heteroatoms. The summed E-state index contributed by atoms with van der Waals surface area (Å²) in [5, 5.41) is 7.89. The Kier molecular flexibility index (Phi) is 4.72. The van der Waals surface area contributed by atoms with Gasteiger partial charge in [-0.25, -0.2) is 14.5 Å². The Morgan fingerprint density at radius 3 is 2.74 bits per heavy atom. The van der Waals surface area contributed by atoms with E-state index in [2.05, 4.69) is 15.3 Å². The number of pyridine rings is 1. The smallest absolute Gasteiger partial charge is 0.272 e. The van der Waals surface area contributed by atoms with E-state index in [1.807, 2.05) is 68.0 Å². The van der Waals surface area contributed by atoms with Gasteiger partial charge in [0.05, 0.1) is 16.8 Å². The molecule has 0 aliphatic carbocycles. The lowest BCUT2D eigenvalue weighted by Crippen LogP contribution is -2.15. The SMILES string of the molecule is Cn1cccc1C(=O)Nc1cccc(-c2nn3ccccc3c2-c2ccnc(Cl)n2)c1. The van der Waals surface area contributed by atoms with Gasteiger partial charge in [0.1, 0.15) is 11.4 Å². The number of halogens is 1. The Balaban J connectivity index is 1.60. The summed E-state index contributed by atoms with van der Waals surface area (Å²) < 4.78 is 3.58. The predicted octanol–water partition coefficient (Wildman–Crippen LogP) is 4.70. The molecule has 0 atom stereocenters. The molecule has 0 fully saturated rings. The van der Waals surface area contributed by atoms with E-state index in [9.17, 15) is 4.79 Å². The fourth-order valence-corrected chi connectivity index (χ4v) is 3.71. The first kappa shape index (κ1) is 19.0. The first-order valence-electron chi connectivity index (χ1n) is 9.59. The largest absolute Gasteiger partial charge is 0.347 e.